The van der Waals surface area contributed by atoms with Crippen molar-refractivity contribution in [2.24, 2.45) is 0 Å². The number of fused-ring (bicyclic) bond motifs is 2. The maximum atomic E-state index is 13.6. The number of halogens is 2. The summed E-state index contributed by atoms with van der Waals surface area (Å²) >= 11 is 0. The Morgan fingerprint density at radius 2 is 0.950 bits per heavy atom. The largest absolute Gasteiger partial charge is 4.00 e. The third kappa shape index (κ3) is 4.94. The minimum atomic E-state index is -0.215. The van der Waals surface area contributed by atoms with E-state index in [9.17, 15) is 8.78 Å². The van der Waals surface area contributed by atoms with Crippen LogP contribution in [0.4, 0.5) is 8.78 Å². The van der Waals surface area contributed by atoms with Crippen molar-refractivity contribution in [3.8, 4) is 22.3 Å². The predicted octanol–water partition coefficient (Wildman–Crippen LogP) is 10.8. The second-order valence-electron chi connectivity index (χ2n) is 10.4. The summed E-state index contributed by atoms with van der Waals surface area (Å²) in [6.07, 6.45) is 4.66. The second-order valence-corrected chi connectivity index (χ2v) is 10.4. The molecule has 0 bridgehead atoms. The molecule has 0 aliphatic heterocycles. The van der Waals surface area contributed by atoms with Crippen LogP contribution in [0.2, 0.25) is 0 Å². The van der Waals surface area contributed by atoms with Crippen LogP contribution in [0.3, 0.4) is 0 Å². The summed E-state index contributed by atoms with van der Waals surface area (Å²) < 4.78 is 27.2. The zero-order valence-corrected chi connectivity index (χ0v) is 26.6. The van der Waals surface area contributed by atoms with Crippen LogP contribution in [0.1, 0.15) is 36.8 Å². The zero-order chi connectivity index (χ0) is 25.0. The van der Waals surface area contributed by atoms with Crippen LogP contribution >= 0.6 is 0 Å². The molecule has 7 rings (SSSR count). The van der Waals surface area contributed by atoms with E-state index in [4.69, 9.17) is 0 Å². The van der Waals surface area contributed by atoms with Crippen LogP contribution in [0, 0.1) is 26.5 Å². The van der Waals surface area contributed by atoms with Crippen LogP contribution in [0.15, 0.2) is 109 Å². The van der Waals surface area contributed by atoms with Gasteiger partial charge in [-0.3, -0.25) is 0 Å². The van der Waals surface area contributed by atoms with Crippen molar-refractivity contribution in [3.05, 3.63) is 147 Å². The number of rotatable bonds is 4. The van der Waals surface area contributed by atoms with Crippen molar-refractivity contribution in [1.29, 1.82) is 0 Å². The van der Waals surface area contributed by atoms with Crippen LogP contribution < -0.4 is 0 Å². The van der Waals surface area contributed by atoms with Gasteiger partial charge in [-0.05, 0) is 53.6 Å². The summed E-state index contributed by atoms with van der Waals surface area (Å²) in [7, 11) is 0. The van der Waals surface area contributed by atoms with Crippen molar-refractivity contribution in [2.75, 3.05) is 0 Å². The molecule has 40 heavy (non-hydrogen) atoms. The van der Waals surface area contributed by atoms with Crippen LogP contribution in [-0.2, 0) is 31.3 Å². The van der Waals surface area contributed by atoms with E-state index in [0.29, 0.717) is 0 Å². The third-order valence-corrected chi connectivity index (χ3v) is 8.37. The van der Waals surface area contributed by atoms with E-state index < -0.39 is 0 Å². The minimum Gasteiger partial charge on any atom is -0.358 e. The molecule has 0 saturated heterocycles. The van der Waals surface area contributed by atoms with Gasteiger partial charge in [0.05, 0.1) is 0 Å². The molecule has 0 amide bonds. The topological polar surface area (TPSA) is 0 Å². The molecule has 0 heterocycles. The molecule has 1 fully saturated rings. The molecule has 1 aliphatic rings. The number of benzene rings is 4. The Morgan fingerprint density at radius 3 is 1.35 bits per heavy atom. The molecule has 0 N–H and O–H groups in total. The molecule has 0 atom stereocenters. The monoisotopic (exact) mass is 694 g/mol. The third-order valence-electron chi connectivity index (χ3n) is 8.37. The standard InChI is InChI=1S/C35H26F2.2CH3.Hf/c36-29-13-9-23(10-14-29)31-7-3-5-25-19-27(21-33(25)31)35(17-1-2-18-35)28-20-26-6-4-8-32(34(26)22-28)24-11-15-30(37)16-12-24;;;/h3-16,19-22H,1-2,17-18H2;2*1H3;/q-2;2*-1;+4. The van der Waals surface area contributed by atoms with Gasteiger partial charge in [0.25, 0.3) is 0 Å². The first-order valence-electron chi connectivity index (χ1n) is 13.0. The van der Waals surface area contributed by atoms with E-state index >= 15 is 0 Å². The molecule has 0 aromatic heterocycles. The van der Waals surface area contributed by atoms with Crippen LogP contribution in [0.25, 0.3) is 43.8 Å². The molecular formula is C37H32F2Hf. The van der Waals surface area contributed by atoms with Gasteiger partial charge in [0.15, 0.2) is 0 Å². The smallest absolute Gasteiger partial charge is 0.358 e. The average molecular weight is 693 g/mol. The Labute approximate surface area is 255 Å². The molecule has 1 saturated carbocycles. The molecular weight excluding hydrogens is 661 g/mol. The molecule has 198 valence electrons. The van der Waals surface area contributed by atoms with Crippen molar-refractivity contribution in [3.63, 3.8) is 0 Å². The summed E-state index contributed by atoms with van der Waals surface area (Å²) in [4.78, 5) is 0. The van der Waals surface area contributed by atoms with E-state index in [2.05, 4.69) is 60.7 Å². The maximum absolute atomic E-state index is 13.6. The first kappa shape index (κ1) is 29.8. The second kappa shape index (κ2) is 11.7. The fourth-order valence-corrected chi connectivity index (χ4v) is 6.51. The summed E-state index contributed by atoms with van der Waals surface area (Å²) in [6.45, 7) is 0. The first-order chi connectivity index (χ1) is 18.1. The van der Waals surface area contributed by atoms with E-state index in [0.717, 1.165) is 35.1 Å². The minimum absolute atomic E-state index is 0. The summed E-state index contributed by atoms with van der Waals surface area (Å²) in [5, 5.41) is 4.90. The van der Waals surface area contributed by atoms with Crippen molar-refractivity contribution >= 4 is 21.5 Å². The van der Waals surface area contributed by atoms with Gasteiger partial charge >= 0.3 is 25.8 Å². The Kier molecular flexibility index (Phi) is 8.75. The Hall–Kier alpha value is -3.17. The van der Waals surface area contributed by atoms with Gasteiger partial charge < -0.3 is 14.9 Å². The first-order valence-corrected chi connectivity index (χ1v) is 13.0. The van der Waals surface area contributed by atoms with E-state index in [1.165, 1.54) is 69.8 Å². The van der Waals surface area contributed by atoms with E-state index in [1.54, 1.807) is 0 Å². The van der Waals surface area contributed by atoms with E-state index in [1.807, 2.05) is 24.3 Å². The molecule has 3 heteroatoms. The fourth-order valence-electron chi connectivity index (χ4n) is 6.51. The molecule has 1 aliphatic carbocycles. The fraction of sp³-hybridized carbons (Fsp3) is 0.135. The van der Waals surface area contributed by atoms with Crippen molar-refractivity contribution in [2.45, 2.75) is 31.1 Å². The van der Waals surface area contributed by atoms with E-state index in [-0.39, 0.29) is 57.7 Å². The molecule has 0 radical (unpaired) electrons. The SMILES string of the molecule is Fc1ccc(-c2cccc3[cH-]c(C4(c5cc6c(-c7ccc(F)cc7)cccc6[cH-]5)CCCC4)cc23)cc1.[CH3-].[CH3-].[Hf+4]. The molecule has 0 spiro atoms. The predicted molar refractivity (Wildman–Crippen MR) is 162 cm³/mol. The van der Waals surface area contributed by atoms with Gasteiger partial charge in [-0.25, -0.2) is 8.78 Å². The van der Waals surface area contributed by atoms with Crippen LogP contribution in [-0.4, -0.2) is 0 Å². The quantitative estimate of drug-likeness (QED) is 0.127. The van der Waals surface area contributed by atoms with Gasteiger partial charge in [0, 0.05) is 0 Å². The van der Waals surface area contributed by atoms with Gasteiger partial charge in [0.2, 0.25) is 0 Å². The maximum Gasteiger partial charge on any atom is 4.00 e. The summed E-state index contributed by atoms with van der Waals surface area (Å²) in [6, 6.07) is 35.9. The van der Waals surface area contributed by atoms with Crippen LogP contribution in [0.5, 0.6) is 0 Å². The molecule has 0 nitrogen and oxygen atoms in total. The van der Waals surface area contributed by atoms with Gasteiger partial charge in [-0.15, -0.1) is 69.1 Å². The zero-order valence-electron chi connectivity index (χ0n) is 23.0. The van der Waals surface area contributed by atoms with Crippen molar-refractivity contribution in [1.82, 2.24) is 0 Å². The molecule has 0 unspecified atom stereocenters. The summed E-state index contributed by atoms with van der Waals surface area (Å²) in [5.41, 5.74) is 7.06. The van der Waals surface area contributed by atoms with Gasteiger partial charge in [-0.2, -0.15) is 12.1 Å². The average Bonchev–Trinajstić information content (AvgIpc) is 3.67. The number of hydrogen-bond donors (Lipinski definition) is 0. The van der Waals surface area contributed by atoms with Gasteiger partial charge in [0.1, 0.15) is 11.6 Å². The summed E-state index contributed by atoms with van der Waals surface area (Å²) in [5.74, 6) is -0.431. The Morgan fingerprint density at radius 1 is 0.550 bits per heavy atom. The normalized spacial score (nSPS) is 13.9. The number of hydrogen-bond acceptors (Lipinski definition) is 0. The van der Waals surface area contributed by atoms with Crippen molar-refractivity contribution < 1.29 is 34.6 Å². The Bertz CT molecular complexity index is 1600. The molecule has 6 aromatic carbocycles. The Balaban J connectivity index is 0.00000123. The van der Waals surface area contributed by atoms with Gasteiger partial charge in [-0.1, -0.05) is 60.4 Å². The molecule has 6 aromatic rings.